The normalized spacial score (nSPS) is 10.3. The second kappa shape index (κ2) is 6.63. The van der Waals surface area contributed by atoms with Gasteiger partial charge >= 0.3 is 0 Å². The number of anilines is 2. The molecule has 0 aliphatic rings. The maximum Gasteiger partial charge on any atom is 0.234 e. The number of carbonyl (C=O) groups excluding carboxylic acids is 1. The predicted molar refractivity (Wildman–Crippen MR) is 84.2 cm³/mol. The number of hydrogen-bond donors (Lipinski definition) is 2. The second-order valence-electron chi connectivity index (χ2n) is 4.21. The molecule has 2 rings (SSSR count). The Bertz CT molecular complexity index is 634. The molecule has 104 valence electrons. The van der Waals surface area contributed by atoms with Gasteiger partial charge in [0.2, 0.25) is 5.91 Å². The number of nitrogens with zero attached hydrogens (tertiary/aromatic N) is 1. The minimum absolute atomic E-state index is 0.100. The van der Waals surface area contributed by atoms with E-state index < -0.39 is 0 Å². The average molecular weight is 308 g/mol. The smallest absolute Gasteiger partial charge is 0.234 e. The fraction of sp³-hybridized carbons (Fsp3) is 0.143. The highest BCUT2D eigenvalue weighted by atomic mass is 35.5. The third kappa shape index (κ3) is 3.88. The summed E-state index contributed by atoms with van der Waals surface area (Å²) in [5.74, 6) is 0.178. The third-order valence-electron chi connectivity index (χ3n) is 2.64. The van der Waals surface area contributed by atoms with E-state index in [4.69, 9.17) is 17.3 Å². The number of amides is 1. The van der Waals surface area contributed by atoms with Gasteiger partial charge in [-0.2, -0.15) is 0 Å². The second-order valence-corrected chi connectivity index (χ2v) is 5.66. The zero-order valence-electron chi connectivity index (χ0n) is 10.9. The molecular formula is C14H14ClN3OS. The van der Waals surface area contributed by atoms with Crippen molar-refractivity contribution in [2.24, 2.45) is 0 Å². The van der Waals surface area contributed by atoms with E-state index in [-0.39, 0.29) is 11.7 Å². The van der Waals surface area contributed by atoms with Gasteiger partial charge < -0.3 is 11.1 Å². The van der Waals surface area contributed by atoms with Crippen LogP contribution in [-0.2, 0) is 4.79 Å². The number of nitrogens with one attached hydrogen (secondary N) is 1. The highest BCUT2D eigenvalue weighted by Gasteiger charge is 2.07. The van der Waals surface area contributed by atoms with Crippen molar-refractivity contribution < 1.29 is 4.79 Å². The molecule has 1 aromatic heterocycles. The number of pyridine rings is 1. The van der Waals surface area contributed by atoms with Gasteiger partial charge in [-0.1, -0.05) is 17.7 Å². The summed E-state index contributed by atoms with van der Waals surface area (Å²) in [5.41, 5.74) is 8.04. The summed E-state index contributed by atoms with van der Waals surface area (Å²) in [6.07, 6.45) is 3.22. The molecule has 0 saturated carbocycles. The summed E-state index contributed by atoms with van der Waals surface area (Å²) in [6, 6.07) is 7.18. The Labute approximate surface area is 126 Å². The van der Waals surface area contributed by atoms with Crippen molar-refractivity contribution >= 4 is 40.6 Å². The van der Waals surface area contributed by atoms with Gasteiger partial charge in [-0.3, -0.25) is 9.78 Å². The van der Waals surface area contributed by atoms with Crippen molar-refractivity contribution in [1.29, 1.82) is 0 Å². The van der Waals surface area contributed by atoms with Crippen LogP contribution in [0.4, 0.5) is 11.4 Å². The van der Waals surface area contributed by atoms with Gasteiger partial charge in [-0.15, -0.1) is 11.8 Å². The summed E-state index contributed by atoms with van der Waals surface area (Å²) in [4.78, 5) is 16.7. The molecule has 1 heterocycles. The number of halogens is 1. The van der Waals surface area contributed by atoms with Crippen LogP contribution in [0.15, 0.2) is 41.6 Å². The van der Waals surface area contributed by atoms with Crippen LogP contribution in [-0.4, -0.2) is 16.6 Å². The highest BCUT2D eigenvalue weighted by molar-refractivity contribution is 8.00. The molecule has 3 N–H and O–H groups in total. The number of thioether (sulfide) groups is 1. The summed E-state index contributed by atoms with van der Waals surface area (Å²) < 4.78 is 0. The molecule has 0 aliphatic carbocycles. The number of hydrogen-bond acceptors (Lipinski definition) is 4. The first kappa shape index (κ1) is 14.7. The van der Waals surface area contributed by atoms with Crippen LogP contribution in [0, 0.1) is 6.92 Å². The number of carbonyl (C=O) groups is 1. The van der Waals surface area contributed by atoms with Crippen LogP contribution in [0.2, 0.25) is 5.02 Å². The fourth-order valence-corrected chi connectivity index (χ4v) is 2.49. The standard InChI is InChI=1S/C14H14ClN3OS/c1-9-2-3-10(15)6-12(9)18-14(19)8-20-13-4-5-17-7-11(13)16/h2-7H,8,16H2,1H3,(H,18,19). The Morgan fingerprint density at radius 2 is 2.25 bits per heavy atom. The topological polar surface area (TPSA) is 68.0 Å². The minimum Gasteiger partial charge on any atom is -0.397 e. The molecule has 0 spiro atoms. The van der Waals surface area contributed by atoms with Crippen molar-refractivity contribution in [3.05, 3.63) is 47.2 Å². The first-order chi connectivity index (χ1) is 9.56. The molecule has 0 radical (unpaired) electrons. The van der Waals surface area contributed by atoms with Crippen LogP contribution in [0.5, 0.6) is 0 Å². The summed E-state index contributed by atoms with van der Waals surface area (Å²) in [7, 11) is 0. The molecule has 0 bridgehead atoms. The molecule has 0 unspecified atom stereocenters. The Morgan fingerprint density at radius 1 is 1.45 bits per heavy atom. The molecule has 4 nitrogen and oxygen atoms in total. The molecule has 0 aliphatic heterocycles. The summed E-state index contributed by atoms with van der Waals surface area (Å²) in [5, 5.41) is 3.43. The van der Waals surface area contributed by atoms with Gasteiger partial charge in [-0.25, -0.2) is 0 Å². The summed E-state index contributed by atoms with van der Waals surface area (Å²) in [6.45, 7) is 1.92. The van der Waals surface area contributed by atoms with E-state index in [0.717, 1.165) is 16.1 Å². The van der Waals surface area contributed by atoms with E-state index in [1.54, 1.807) is 30.6 Å². The van der Waals surface area contributed by atoms with E-state index >= 15 is 0 Å². The van der Waals surface area contributed by atoms with E-state index in [9.17, 15) is 4.79 Å². The van der Waals surface area contributed by atoms with Gasteiger partial charge in [0, 0.05) is 21.8 Å². The van der Waals surface area contributed by atoms with Crippen molar-refractivity contribution in [1.82, 2.24) is 4.98 Å². The van der Waals surface area contributed by atoms with Gasteiger partial charge in [0.15, 0.2) is 0 Å². The number of nitrogen functional groups attached to an aromatic ring is 1. The lowest BCUT2D eigenvalue weighted by atomic mass is 10.2. The van der Waals surface area contributed by atoms with Crippen molar-refractivity contribution in [3.63, 3.8) is 0 Å². The number of rotatable bonds is 4. The van der Waals surface area contributed by atoms with Gasteiger partial charge in [0.1, 0.15) is 0 Å². The Morgan fingerprint density at radius 3 is 3.00 bits per heavy atom. The first-order valence-corrected chi connectivity index (χ1v) is 7.31. The van der Waals surface area contributed by atoms with Crippen LogP contribution in [0.3, 0.4) is 0 Å². The van der Waals surface area contributed by atoms with Crippen molar-refractivity contribution in [2.75, 3.05) is 16.8 Å². The molecule has 0 saturated heterocycles. The molecule has 6 heteroatoms. The van der Waals surface area contributed by atoms with Crippen LogP contribution in [0.1, 0.15) is 5.56 Å². The van der Waals surface area contributed by atoms with E-state index in [0.29, 0.717) is 10.7 Å². The lowest BCUT2D eigenvalue weighted by Crippen LogP contribution is -2.15. The average Bonchev–Trinajstić information content (AvgIpc) is 2.42. The van der Waals surface area contributed by atoms with Gasteiger partial charge in [0.05, 0.1) is 17.6 Å². The first-order valence-electron chi connectivity index (χ1n) is 5.94. The lowest BCUT2D eigenvalue weighted by Gasteiger charge is -2.09. The number of aryl methyl sites for hydroxylation is 1. The van der Waals surface area contributed by atoms with Crippen LogP contribution in [0.25, 0.3) is 0 Å². The van der Waals surface area contributed by atoms with Crippen molar-refractivity contribution in [2.45, 2.75) is 11.8 Å². The number of aromatic nitrogens is 1. The molecule has 1 aromatic carbocycles. The number of benzene rings is 1. The SMILES string of the molecule is Cc1ccc(Cl)cc1NC(=O)CSc1ccncc1N. The Balaban J connectivity index is 1.96. The Kier molecular flexibility index (Phi) is 4.87. The quantitative estimate of drug-likeness (QED) is 0.850. The molecule has 0 fully saturated rings. The van der Waals surface area contributed by atoms with Crippen LogP contribution >= 0.6 is 23.4 Å². The molecule has 0 atom stereocenters. The minimum atomic E-state index is -0.100. The van der Waals surface area contributed by atoms with E-state index in [2.05, 4.69) is 10.3 Å². The lowest BCUT2D eigenvalue weighted by molar-refractivity contribution is -0.113. The van der Waals surface area contributed by atoms with Crippen LogP contribution < -0.4 is 11.1 Å². The van der Waals surface area contributed by atoms with E-state index in [1.165, 1.54) is 11.8 Å². The zero-order valence-corrected chi connectivity index (χ0v) is 12.5. The molecule has 1 amide bonds. The fourth-order valence-electron chi connectivity index (χ4n) is 1.58. The Hall–Kier alpha value is -1.72. The zero-order chi connectivity index (χ0) is 14.5. The van der Waals surface area contributed by atoms with Gasteiger partial charge in [0.25, 0.3) is 0 Å². The highest BCUT2D eigenvalue weighted by Crippen LogP contribution is 2.24. The molecule has 20 heavy (non-hydrogen) atoms. The third-order valence-corrected chi connectivity index (χ3v) is 3.97. The van der Waals surface area contributed by atoms with Crippen molar-refractivity contribution in [3.8, 4) is 0 Å². The monoisotopic (exact) mass is 307 g/mol. The maximum atomic E-state index is 11.9. The van der Waals surface area contributed by atoms with E-state index in [1.807, 2.05) is 13.0 Å². The summed E-state index contributed by atoms with van der Waals surface area (Å²) >= 11 is 7.29. The number of nitrogens with two attached hydrogens (primary N) is 1. The molecule has 2 aromatic rings. The largest absolute Gasteiger partial charge is 0.397 e. The molecular weight excluding hydrogens is 294 g/mol. The maximum absolute atomic E-state index is 11.9. The van der Waals surface area contributed by atoms with Gasteiger partial charge in [-0.05, 0) is 30.7 Å². The predicted octanol–water partition coefficient (Wildman–Crippen LogP) is 3.36.